The van der Waals surface area contributed by atoms with E-state index < -0.39 is 29.7 Å². The molecule has 3 N–H and O–H groups in total. The molecule has 1 aromatic carbocycles. The number of hydrogen-bond acceptors (Lipinski definition) is 8. The van der Waals surface area contributed by atoms with Crippen molar-refractivity contribution in [3.05, 3.63) is 29.3 Å². The molecular formula is C26H34N6O5. The lowest BCUT2D eigenvalue weighted by atomic mass is 9.93. The van der Waals surface area contributed by atoms with Crippen LogP contribution in [0.4, 0.5) is 5.69 Å². The smallest absolute Gasteiger partial charge is 0.262 e. The van der Waals surface area contributed by atoms with Crippen LogP contribution in [0.5, 0.6) is 0 Å². The van der Waals surface area contributed by atoms with E-state index in [0.717, 1.165) is 43.1 Å². The molecule has 0 radical (unpaired) electrons. The maximum absolute atomic E-state index is 13.1. The van der Waals surface area contributed by atoms with Gasteiger partial charge in [0.1, 0.15) is 6.04 Å². The van der Waals surface area contributed by atoms with Crippen LogP contribution >= 0.6 is 0 Å². The predicted molar refractivity (Wildman–Crippen MR) is 135 cm³/mol. The number of rotatable bonds is 6. The van der Waals surface area contributed by atoms with Crippen molar-refractivity contribution >= 4 is 35.2 Å². The first-order valence-electron chi connectivity index (χ1n) is 13.2. The Morgan fingerprint density at radius 1 is 0.919 bits per heavy atom. The Labute approximate surface area is 215 Å². The first-order chi connectivity index (χ1) is 17.9. The lowest BCUT2D eigenvalue weighted by Gasteiger charge is -2.37. The molecule has 0 spiro atoms. The van der Waals surface area contributed by atoms with Crippen molar-refractivity contribution in [1.82, 2.24) is 20.0 Å². The summed E-state index contributed by atoms with van der Waals surface area (Å²) in [5.74, 6) is -1.41. The maximum Gasteiger partial charge on any atom is 0.262 e. The zero-order valence-electron chi connectivity index (χ0n) is 21.0. The lowest BCUT2D eigenvalue weighted by Crippen LogP contribution is -2.54. The Morgan fingerprint density at radius 3 is 2.30 bits per heavy atom. The Morgan fingerprint density at radius 2 is 1.62 bits per heavy atom. The number of likely N-dealkylation sites (tertiary alicyclic amines) is 1. The van der Waals surface area contributed by atoms with Crippen molar-refractivity contribution < 1.29 is 24.0 Å². The van der Waals surface area contributed by atoms with Crippen LogP contribution in [0.3, 0.4) is 0 Å². The fourth-order valence-corrected chi connectivity index (χ4v) is 5.84. The average molecular weight is 511 g/mol. The number of amides is 5. The third kappa shape index (κ3) is 5.10. The second-order valence-electron chi connectivity index (χ2n) is 10.3. The number of nitrogens with zero attached hydrogens (tertiary/aromatic N) is 4. The van der Waals surface area contributed by atoms with Crippen LogP contribution in [0.15, 0.2) is 18.2 Å². The van der Waals surface area contributed by atoms with Gasteiger partial charge in [-0.2, -0.15) is 0 Å². The fourth-order valence-electron chi connectivity index (χ4n) is 5.84. The van der Waals surface area contributed by atoms with Gasteiger partial charge in [0.2, 0.25) is 17.7 Å². The molecule has 5 amide bonds. The summed E-state index contributed by atoms with van der Waals surface area (Å²) in [6, 6.07) is 4.17. The molecule has 37 heavy (non-hydrogen) atoms. The Hall–Kier alpha value is -3.31. The van der Waals surface area contributed by atoms with E-state index in [9.17, 15) is 24.0 Å². The number of nitrogens with one attached hydrogen (secondary N) is 1. The van der Waals surface area contributed by atoms with E-state index in [1.165, 1.54) is 0 Å². The number of imide groups is 2. The standard InChI is InChI=1S/C26H34N6O5/c27-7-10-29-8-5-17(6-9-29)15-23(34)31-13-11-30(12-14-31)18-1-2-19-20(16-18)26(37)32(25(19)36)21-3-4-22(33)28-24(21)35/h1-2,16-17,21H,3-15,27H2,(H,28,33,35). The minimum Gasteiger partial charge on any atom is -0.368 e. The SMILES string of the molecule is NCCN1CCC(CC(=O)N2CCN(c3ccc4c(c3)C(=O)N(C3CCC(=O)NC3=O)C4=O)CC2)CC1. The number of nitrogens with two attached hydrogens (primary N) is 1. The van der Waals surface area contributed by atoms with Gasteiger partial charge in [-0.3, -0.25) is 34.2 Å². The Kier molecular flexibility index (Phi) is 7.25. The largest absolute Gasteiger partial charge is 0.368 e. The van der Waals surface area contributed by atoms with Gasteiger partial charge in [-0.25, -0.2) is 0 Å². The number of carbonyl (C=O) groups excluding carboxylic acids is 5. The molecule has 0 aromatic heterocycles. The van der Waals surface area contributed by atoms with E-state index >= 15 is 0 Å². The van der Waals surface area contributed by atoms with Crippen LogP contribution in [-0.4, -0.2) is 103 Å². The van der Waals surface area contributed by atoms with Gasteiger partial charge in [0.15, 0.2) is 0 Å². The molecule has 4 aliphatic rings. The lowest BCUT2D eigenvalue weighted by molar-refractivity contribution is -0.136. The summed E-state index contributed by atoms with van der Waals surface area (Å²) in [6.07, 6.45) is 2.87. The van der Waals surface area contributed by atoms with E-state index in [-0.39, 0.29) is 29.9 Å². The molecule has 11 heteroatoms. The summed E-state index contributed by atoms with van der Waals surface area (Å²) >= 11 is 0. The zero-order chi connectivity index (χ0) is 26.1. The minimum atomic E-state index is -0.976. The summed E-state index contributed by atoms with van der Waals surface area (Å²) in [4.78, 5) is 70.1. The number of piperazine rings is 1. The molecule has 198 valence electrons. The first-order valence-corrected chi connectivity index (χ1v) is 13.2. The third-order valence-corrected chi connectivity index (χ3v) is 8.04. The average Bonchev–Trinajstić information content (AvgIpc) is 3.14. The molecular weight excluding hydrogens is 476 g/mol. The van der Waals surface area contributed by atoms with Gasteiger partial charge in [-0.1, -0.05) is 0 Å². The van der Waals surface area contributed by atoms with Crippen LogP contribution in [0.2, 0.25) is 0 Å². The second kappa shape index (κ2) is 10.6. The van der Waals surface area contributed by atoms with Gasteiger partial charge >= 0.3 is 0 Å². The van der Waals surface area contributed by atoms with Gasteiger partial charge in [-0.05, 0) is 56.5 Å². The molecule has 1 aromatic rings. The summed E-state index contributed by atoms with van der Waals surface area (Å²) in [5.41, 5.74) is 6.99. The first kappa shape index (κ1) is 25.3. The van der Waals surface area contributed by atoms with E-state index in [0.29, 0.717) is 45.1 Å². The second-order valence-corrected chi connectivity index (χ2v) is 10.3. The van der Waals surface area contributed by atoms with Gasteiger partial charge in [0.05, 0.1) is 11.1 Å². The molecule has 1 unspecified atom stereocenters. The number of hydrogen-bond donors (Lipinski definition) is 2. The Balaban J connectivity index is 1.17. The van der Waals surface area contributed by atoms with Crippen molar-refractivity contribution in [2.45, 2.75) is 38.1 Å². The van der Waals surface area contributed by atoms with Crippen molar-refractivity contribution in [2.75, 3.05) is 57.3 Å². The number of carbonyl (C=O) groups is 5. The normalized spacial score (nSPS) is 23.5. The monoisotopic (exact) mass is 510 g/mol. The van der Waals surface area contributed by atoms with Gasteiger partial charge in [-0.15, -0.1) is 0 Å². The summed E-state index contributed by atoms with van der Waals surface area (Å²) in [5, 5.41) is 2.21. The molecule has 4 heterocycles. The molecule has 3 fully saturated rings. The summed E-state index contributed by atoms with van der Waals surface area (Å²) in [7, 11) is 0. The molecule has 5 rings (SSSR count). The highest BCUT2D eigenvalue weighted by Gasteiger charge is 2.44. The molecule has 0 aliphatic carbocycles. The maximum atomic E-state index is 13.1. The molecule has 11 nitrogen and oxygen atoms in total. The zero-order valence-corrected chi connectivity index (χ0v) is 21.0. The molecule has 0 saturated carbocycles. The molecule has 3 saturated heterocycles. The van der Waals surface area contributed by atoms with Crippen molar-refractivity contribution in [3.63, 3.8) is 0 Å². The van der Waals surface area contributed by atoms with E-state index in [1.807, 2.05) is 11.0 Å². The van der Waals surface area contributed by atoms with Gasteiger partial charge < -0.3 is 20.4 Å². The molecule has 0 bridgehead atoms. The fraction of sp³-hybridized carbons (Fsp3) is 0.577. The number of fused-ring (bicyclic) bond motifs is 1. The van der Waals surface area contributed by atoms with Gasteiger partial charge in [0, 0.05) is 57.8 Å². The quantitative estimate of drug-likeness (QED) is 0.502. The van der Waals surface area contributed by atoms with E-state index in [2.05, 4.69) is 15.1 Å². The van der Waals surface area contributed by atoms with E-state index in [1.54, 1.807) is 12.1 Å². The molecule has 4 aliphatic heterocycles. The summed E-state index contributed by atoms with van der Waals surface area (Å²) < 4.78 is 0. The molecule has 1 atom stereocenters. The Bertz CT molecular complexity index is 1110. The summed E-state index contributed by atoms with van der Waals surface area (Å²) in [6.45, 7) is 6.08. The van der Waals surface area contributed by atoms with E-state index in [4.69, 9.17) is 5.73 Å². The predicted octanol–water partition coefficient (Wildman–Crippen LogP) is -0.203. The van der Waals surface area contributed by atoms with Crippen LogP contribution in [-0.2, 0) is 14.4 Å². The van der Waals surface area contributed by atoms with Crippen LogP contribution < -0.4 is 16.0 Å². The number of benzene rings is 1. The van der Waals surface area contributed by atoms with Crippen molar-refractivity contribution in [3.8, 4) is 0 Å². The van der Waals surface area contributed by atoms with Crippen molar-refractivity contribution in [2.24, 2.45) is 11.7 Å². The number of piperidine rings is 2. The van der Waals surface area contributed by atoms with Crippen molar-refractivity contribution in [1.29, 1.82) is 0 Å². The van der Waals surface area contributed by atoms with Crippen LogP contribution in [0.1, 0.15) is 52.8 Å². The highest BCUT2D eigenvalue weighted by Crippen LogP contribution is 2.31. The van der Waals surface area contributed by atoms with Gasteiger partial charge in [0.25, 0.3) is 11.8 Å². The van der Waals surface area contributed by atoms with Crippen LogP contribution in [0, 0.1) is 5.92 Å². The number of anilines is 1. The topological polar surface area (TPSA) is 136 Å². The highest BCUT2D eigenvalue weighted by molar-refractivity contribution is 6.23. The highest BCUT2D eigenvalue weighted by atomic mass is 16.2. The van der Waals surface area contributed by atoms with Crippen LogP contribution in [0.25, 0.3) is 0 Å². The minimum absolute atomic E-state index is 0.0888. The third-order valence-electron chi connectivity index (χ3n) is 8.04.